The van der Waals surface area contributed by atoms with Crippen LogP contribution in [-0.4, -0.2) is 89.0 Å². The Morgan fingerprint density at radius 1 is 0.979 bits per heavy atom. The van der Waals surface area contributed by atoms with E-state index in [1.165, 1.54) is 0 Å². The molecule has 1 heterocycles. The third-order valence-corrected chi connectivity index (χ3v) is 8.57. The minimum Gasteiger partial charge on any atom is -0.444 e. The van der Waals surface area contributed by atoms with Gasteiger partial charge in [0.15, 0.2) is 11.6 Å². The van der Waals surface area contributed by atoms with E-state index in [0.29, 0.717) is 25.8 Å². The number of ketones is 2. The molecule has 0 aromatic heterocycles. The van der Waals surface area contributed by atoms with Gasteiger partial charge in [0.25, 0.3) is 0 Å². The van der Waals surface area contributed by atoms with Gasteiger partial charge in [-0.1, -0.05) is 45.0 Å². The summed E-state index contributed by atoms with van der Waals surface area (Å²) in [6.07, 6.45) is -3.22. The number of nitrogens with two attached hydrogens (primary N) is 1. The highest BCUT2D eigenvalue weighted by molar-refractivity contribution is 5.93. The van der Waals surface area contributed by atoms with Crippen molar-refractivity contribution in [3.63, 3.8) is 0 Å². The van der Waals surface area contributed by atoms with Gasteiger partial charge in [0.2, 0.25) is 5.91 Å². The molecule has 0 aliphatic carbocycles. The molecule has 0 spiro atoms. The van der Waals surface area contributed by atoms with Crippen LogP contribution in [0.3, 0.4) is 0 Å². The molecule has 7 N–H and O–H groups in total. The molecule has 13 nitrogen and oxygen atoms in total. The van der Waals surface area contributed by atoms with E-state index in [0.717, 1.165) is 11.1 Å². The topological polar surface area (TPSA) is 206 Å². The number of amides is 4. The number of Topliss-reactive ketones (excluding diaryl/α,β-unsaturated/α-hetero) is 2. The summed E-state index contributed by atoms with van der Waals surface area (Å²) in [5, 5.41) is 29.3. The number of urea groups is 1. The molecular formula is C35H56N4O9. The molecule has 270 valence electrons. The molecule has 1 aliphatic rings. The third kappa shape index (κ3) is 13.2. The van der Waals surface area contributed by atoms with Gasteiger partial charge in [-0.15, -0.1) is 0 Å². The number of aliphatic hydroxyl groups is 2. The first-order valence-electron chi connectivity index (χ1n) is 16.9. The average Bonchev–Trinajstić information content (AvgIpc) is 2.98. The van der Waals surface area contributed by atoms with Gasteiger partial charge < -0.3 is 41.4 Å². The van der Waals surface area contributed by atoms with Gasteiger partial charge in [0.1, 0.15) is 17.8 Å². The van der Waals surface area contributed by atoms with Crippen molar-refractivity contribution >= 4 is 29.6 Å². The van der Waals surface area contributed by atoms with Crippen LogP contribution in [0, 0.1) is 17.8 Å². The SMILES string of the molecule is CCC1C(C)O[C@H](C(=O)C[C@@H](C(=O)NC(CCCNC(N)=O)C(=O)Cc2ccc(CCNC(=O)OC(C)(C)C)cc2)C(C)C)C(O)[C@@H]1O. The Labute approximate surface area is 284 Å². The number of hydrogen-bond acceptors (Lipinski definition) is 9. The molecule has 1 aromatic carbocycles. The summed E-state index contributed by atoms with van der Waals surface area (Å²) in [7, 11) is 0. The predicted molar refractivity (Wildman–Crippen MR) is 180 cm³/mol. The Morgan fingerprint density at radius 2 is 1.60 bits per heavy atom. The predicted octanol–water partition coefficient (Wildman–Crippen LogP) is 2.57. The van der Waals surface area contributed by atoms with Gasteiger partial charge in [-0.2, -0.15) is 0 Å². The van der Waals surface area contributed by atoms with E-state index >= 15 is 0 Å². The van der Waals surface area contributed by atoms with Crippen molar-refractivity contribution in [1.82, 2.24) is 16.0 Å². The quantitative estimate of drug-likeness (QED) is 0.134. The van der Waals surface area contributed by atoms with Crippen LogP contribution in [0.25, 0.3) is 0 Å². The second kappa shape index (κ2) is 18.8. The summed E-state index contributed by atoms with van der Waals surface area (Å²) in [6.45, 7) is 13.2. The van der Waals surface area contributed by atoms with E-state index in [9.17, 15) is 34.2 Å². The van der Waals surface area contributed by atoms with Crippen molar-refractivity contribution in [2.45, 2.75) is 123 Å². The summed E-state index contributed by atoms with van der Waals surface area (Å²) in [5.74, 6) is -2.66. The van der Waals surface area contributed by atoms with Crippen LogP contribution < -0.4 is 21.7 Å². The first-order chi connectivity index (χ1) is 22.4. The first kappa shape index (κ1) is 40.6. The van der Waals surface area contributed by atoms with Crippen molar-refractivity contribution in [3.8, 4) is 0 Å². The summed E-state index contributed by atoms with van der Waals surface area (Å²) >= 11 is 0. The van der Waals surface area contributed by atoms with E-state index < -0.39 is 65.8 Å². The standard InChI is InChI=1S/C35H56N4O9/c1-8-24-21(4)47-31(30(43)29(24)42)28(41)19-25(20(2)3)32(44)39-26(10-9-16-37-33(36)45)27(40)18-23-13-11-22(12-14-23)15-17-38-34(46)48-35(5,6)7/h11-14,20-21,24-26,29-31,42-43H,8-10,15-19H2,1-7H3,(H,38,46)(H,39,44)(H3,36,37,45)/t21?,24?,25-,26?,29-,30?,31-/m1/s1. The van der Waals surface area contributed by atoms with Gasteiger partial charge in [0, 0.05) is 37.8 Å². The molecule has 1 fully saturated rings. The highest BCUT2D eigenvalue weighted by Gasteiger charge is 2.45. The van der Waals surface area contributed by atoms with Gasteiger partial charge in [-0.3, -0.25) is 14.4 Å². The fourth-order valence-corrected chi connectivity index (χ4v) is 5.81. The Bertz CT molecular complexity index is 1230. The highest BCUT2D eigenvalue weighted by atomic mass is 16.6. The lowest BCUT2D eigenvalue weighted by Crippen LogP contribution is -2.56. The fourth-order valence-electron chi connectivity index (χ4n) is 5.81. The number of carbonyl (C=O) groups excluding carboxylic acids is 5. The first-order valence-corrected chi connectivity index (χ1v) is 16.9. The second-order valence-corrected chi connectivity index (χ2v) is 14.0. The number of carbonyl (C=O) groups is 5. The summed E-state index contributed by atoms with van der Waals surface area (Å²) in [6, 6.07) is 5.78. The van der Waals surface area contributed by atoms with Crippen LogP contribution in [0.1, 0.15) is 85.3 Å². The maximum atomic E-state index is 13.6. The van der Waals surface area contributed by atoms with Gasteiger partial charge in [0.05, 0.1) is 18.2 Å². The van der Waals surface area contributed by atoms with E-state index in [2.05, 4.69) is 16.0 Å². The Kier molecular flexibility index (Phi) is 16.0. The van der Waals surface area contributed by atoms with Crippen LogP contribution in [-0.2, 0) is 36.7 Å². The lowest BCUT2D eigenvalue weighted by Gasteiger charge is -2.41. The molecule has 4 unspecified atom stereocenters. The van der Waals surface area contributed by atoms with Crippen LogP contribution >= 0.6 is 0 Å². The van der Waals surface area contributed by atoms with Gasteiger partial charge in [-0.25, -0.2) is 9.59 Å². The van der Waals surface area contributed by atoms with Crippen LogP contribution in [0.2, 0.25) is 0 Å². The molecule has 48 heavy (non-hydrogen) atoms. The van der Waals surface area contributed by atoms with Crippen LogP contribution in [0.5, 0.6) is 0 Å². The molecule has 0 bridgehead atoms. The van der Waals surface area contributed by atoms with E-state index in [4.69, 9.17) is 15.2 Å². The number of ether oxygens (including phenoxy) is 2. The minimum atomic E-state index is -1.41. The van der Waals surface area contributed by atoms with Crippen molar-refractivity contribution in [1.29, 1.82) is 0 Å². The highest BCUT2D eigenvalue weighted by Crippen LogP contribution is 2.30. The zero-order valence-corrected chi connectivity index (χ0v) is 29.4. The van der Waals surface area contributed by atoms with Crippen molar-refractivity contribution in [2.24, 2.45) is 23.5 Å². The molecule has 1 aromatic rings. The summed E-state index contributed by atoms with van der Waals surface area (Å²) in [5.41, 5.74) is 6.26. The van der Waals surface area contributed by atoms with Gasteiger partial charge in [-0.05, 0) is 70.4 Å². The lowest BCUT2D eigenvalue weighted by atomic mass is 9.81. The molecule has 7 atom stereocenters. The maximum absolute atomic E-state index is 13.6. The monoisotopic (exact) mass is 676 g/mol. The number of primary amides is 1. The third-order valence-electron chi connectivity index (χ3n) is 8.57. The van der Waals surface area contributed by atoms with Crippen molar-refractivity contribution in [2.75, 3.05) is 13.1 Å². The van der Waals surface area contributed by atoms with Crippen LogP contribution in [0.4, 0.5) is 9.59 Å². The molecule has 0 radical (unpaired) electrons. The molecule has 13 heteroatoms. The number of hydrogen-bond donors (Lipinski definition) is 6. The Hall–Kier alpha value is -3.55. The average molecular weight is 677 g/mol. The van der Waals surface area contributed by atoms with E-state index in [-0.39, 0.29) is 43.4 Å². The molecule has 4 amide bonds. The van der Waals surface area contributed by atoms with Crippen molar-refractivity contribution < 1.29 is 43.7 Å². The normalized spacial score (nSPS) is 22.3. The molecule has 0 saturated carbocycles. The molecule has 1 aliphatic heterocycles. The largest absolute Gasteiger partial charge is 0.444 e. The van der Waals surface area contributed by atoms with E-state index in [1.54, 1.807) is 41.5 Å². The number of benzene rings is 1. The molecule has 1 saturated heterocycles. The minimum absolute atomic E-state index is 0.0341. The van der Waals surface area contributed by atoms with E-state index in [1.807, 2.05) is 31.2 Å². The smallest absolute Gasteiger partial charge is 0.407 e. The zero-order valence-electron chi connectivity index (χ0n) is 29.4. The Morgan fingerprint density at radius 3 is 2.17 bits per heavy atom. The summed E-state index contributed by atoms with van der Waals surface area (Å²) in [4.78, 5) is 63.5. The maximum Gasteiger partial charge on any atom is 0.407 e. The van der Waals surface area contributed by atoms with Gasteiger partial charge >= 0.3 is 12.1 Å². The Balaban J connectivity index is 2.08. The number of aliphatic hydroxyl groups excluding tert-OH is 2. The van der Waals surface area contributed by atoms with Crippen LogP contribution in [0.15, 0.2) is 24.3 Å². The zero-order chi connectivity index (χ0) is 36.2. The molecular weight excluding hydrogens is 620 g/mol. The number of alkyl carbamates (subject to hydrolysis) is 1. The fraction of sp³-hybridized carbons (Fsp3) is 0.686. The van der Waals surface area contributed by atoms with Crippen molar-refractivity contribution in [3.05, 3.63) is 35.4 Å². The number of nitrogens with one attached hydrogen (secondary N) is 3. The second-order valence-electron chi connectivity index (χ2n) is 14.0. The number of rotatable bonds is 17. The summed E-state index contributed by atoms with van der Waals surface area (Å²) < 4.78 is 11.1. The molecule has 2 rings (SSSR count). The lowest BCUT2D eigenvalue weighted by molar-refractivity contribution is -0.198.